The van der Waals surface area contributed by atoms with Gasteiger partial charge in [-0.2, -0.15) is 18.3 Å². The lowest BCUT2D eigenvalue weighted by Crippen LogP contribution is -2.48. The lowest BCUT2D eigenvalue weighted by atomic mass is 10.1. The largest absolute Gasteiger partial charge is 0.433 e. The van der Waals surface area contributed by atoms with Crippen LogP contribution in [-0.2, 0) is 6.18 Å². The van der Waals surface area contributed by atoms with E-state index in [4.69, 9.17) is 11.6 Å². The molecule has 1 aliphatic rings. The number of carbonyl (C=O) groups excluding carboxylic acids is 1. The lowest BCUT2D eigenvalue weighted by Gasteiger charge is -2.35. The van der Waals surface area contributed by atoms with E-state index in [2.05, 4.69) is 10.1 Å². The van der Waals surface area contributed by atoms with Gasteiger partial charge in [0.1, 0.15) is 5.82 Å². The second kappa shape index (κ2) is 8.84. The Morgan fingerprint density at radius 3 is 2.20 bits per heavy atom. The summed E-state index contributed by atoms with van der Waals surface area (Å²) in [5.74, 6) is -0.809. The summed E-state index contributed by atoms with van der Waals surface area (Å²) in [5.41, 5.74) is 0.138. The van der Waals surface area contributed by atoms with Crippen molar-refractivity contribution >= 4 is 28.8 Å². The highest BCUT2D eigenvalue weighted by Crippen LogP contribution is 2.32. The summed E-state index contributed by atoms with van der Waals surface area (Å²) >= 11 is 5.89. The van der Waals surface area contributed by atoms with E-state index in [0.29, 0.717) is 41.3 Å². The molecule has 2 aromatic carbocycles. The van der Waals surface area contributed by atoms with Crippen LogP contribution in [0.4, 0.5) is 23.2 Å². The molecule has 5 rings (SSSR count). The molecule has 11 heteroatoms. The van der Waals surface area contributed by atoms with Crippen LogP contribution in [0.25, 0.3) is 16.9 Å². The van der Waals surface area contributed by atoms with Crippen molar-refractivity contribution in [3.05, 3.63) is 82.9 Å². The highest BCUT2D eigenvalue weighted by Gasteiger charge is 2.36. The maximum atomic E-state index is 13.8. The molecule has 2 aromatic heterocycles. The van der Waals surface area contributed by atoms with Crippen LogP contribution >= 0.6 is 11.6 Å². The second-order valence-electron chi connectivity index (χ2n) is 8.09. The Labute approximate surface area is 202 Å². The SMILES string of the molecule is O=C(c1cc2nc(-c3ccc(Cl)cc3)cc(C(F)(F)F)n2n1)N1CCN(c2ccc(F)cc2)CC1. The topological polar surface area (TPSA) is 53.7 Å². The molecule has 3 heterocycles. The number of rotatable bonds is 3. The van der Waals surface area contributed by atoms with Gasteiger partial charge in [0, 0.05) is 48.5 Å². The maximum Gasteiger partial charge on any atom is 0.433 e. The first-order valence-electron chi connectivity index (χ1n) is 10.7. The number of anilines is 1. The summed E-state index contributed by atoms with van der Waals surface area (Å²) < 4.78 is 55.3. The second-order valence-corrected chi connectivity index (χ2v) is 8.52. The molecule has 1 fully saturated rings. The van der Waals surface area contributed by atoms with Crippen molar-refractivity contribution in [3.8, 4) is 11.3 Å². The average Bonchev–Trinajstić information content (AvgIpc) is 3.27. The zero-order valence-electron chi connectivity index (χ0n) is 18.1. The van der Waals surface area contributed by atoms with Gasteiger partial charge in [-0.25, -0.2) is 13.9 Å². The summed E-state index contributed by atoms with van der Waals surface area (Å²) in [4.78, 5) is 20.9. The predicted octanol–water partition coefficient (Wildman–Crippen LogP) is 5.17. The van der Waals surface area contributed by atoms with Gasteiger partial charge in [-0.1, -0.05) is 23.7 Å². The Morgan fingerprint density at radius 2 is 1.57 bits per heavy atom. The van der Waals surface area contributed by atoms with Crippen molar-refractivity contribution in [2.75, 3.05) is 31.1 Å². The van der Waals surface area contributed by atoms with Crippen LogP contribution in [0.3, 0.4) is 0 Å². The molecular weight excluding hydrogens is 486 g/mol. The molecule has 0 spiro atoms. The Morgan fingerprint density at radius 1 is 0.914 bits per heavy atom. The minimum Gasteiger partial charge on any atom is -0.368 e. The normalized spacial score (nSPS) is 14.5. The van der Waals surface area contributed by atoms with Gasteiger partial charge in [0.15, 0.2) is 17.0 Å². The van der Waals surface area contributed by atoms with Crippen molar-refractivity contribution in [3.63, 3.8) is 0 Å². The van der Waals surface area contributed by atoms with Gasteiger partial charge in [0.2, 0.25) is 0 Å². The average molecular weight is 504 g/mol. The van der Waals surface area contributed by atoms with Crippen LogP contribution in [0.15, 0.2) is 60.7 Å². The molecule has 180 valence electrons. The molecule has 4 aromatic rings. The monoisotopic (exact) mass is 503 g/mol. The number of alkyl halides is 3. The third kappa shape index (κ3) is 4.66. The van der Waals surface area contributed by atoms with Gasteiger partial charge >= 0.3 is 6.18 Å². The first-order valence-corrected chi connectivity index (χ1v) is 11.1. The van der Waals surface area contributed by atoms with Gasteiger partial charge < -0.3 is 9.80 Å². The summed E-state index contributed by atoms with van der Waals surface area (Å²) in [6, 6.07) is 14.5. The van der Waals surface area contributed by atoms with Crippen LogP contribution in [0.5, 0.6) is 0 Å². The van der Waals surface area contributed by atoms with Crippen LogP contribution < -0.4 is 4.90 Å². The van der Waals surface area contributed by atoms with Crippen molar-refractivity contribution in [1.82, 2.24) is 19.5 Å². The van der Waals surface area contributed by atoms with Crippen LogP contribution in [0.1, 0.15) is 16.2 Å². The highest BCUT2D eigenvalue weighted by molar-refractivity contribution is 6.30. The number of fused-ring (bicyclic) bond motifs is 1. The fourth-order valence-electron chi connectivity index (χ4n) is 4.03. The van der Waals surface area contributed by atoms with E-state index in [1.54, 1.807) is 36.4 Å². The van der Waals surface area contributed by atoms with E-state index >= 15 is 0 Å². The number of hydrogen-bond donors (Lipinski definition) is 0. The van der Waals surface area contributed by atoms with Gasteiger partial charge in [0.25, 0.3) is 5.91 Å². The number of amides is 1. The number of halogens is 5. The van der Waals surface area contributed by atoms with E-state index in [9.17, 15) is 22.4 Å². The van der Waals surface area contributed by atoms with E-state index < -0.39 is 17.8 Å². The number of aromatic nitrogens is 3. The molecule has 0 unspecified atom stereocenters. The Balaban J connectivity index is 1.42. The summed E-state index contributed by atoms with van der Waals surface area (Å²) in [6.07, 6.45) is -4.71. The Hall–Kier alpha value is -3.66. The third-order valence-corrected chi connectivity index (χ3v) is 6.09. The van der Waals surface area contributed by atoms with Gasteiger partial charge in [-0.15, -0.1) is 0 Å². The zero-order chi connectivity index (χ0) is 24.7. The molecule has 6 nitrogen and oxygen atoms in total. The lowest BCUT2D eigenvalue weighted by molar-refractivity contribution is -0.142. The van der Waals surface area contributed by atoms with Crippen LogP contribution in [0.2, 0.25) is 5.02 Å². The van der Waals surface area contributed by atoms with Gasteiger partial charge in [0.05, 0.1) is 5.69 Å². The molecule has 0 aliphatic carbocycles. The molecule has 35 heavy (non-hydrogen) atoms. The number of benzene rings is 2. The smallest absolute Gasteiger partial charge is 0.368 e. The fourth-order valence-corrected chi connectivity index (χ4v) is 4.16. The molecule has 0 bridgehead atoms. The quantitative estimate of drug-likeness (QED) is 0.362. The summed E-state index contributed by atoms with van der Waals surface area (Å²) in [7, 11) is 0. The van der Waals surface area contributed by atoms with Crippen LogP contribution in [-0.4, -0.2) is 51.6 Å². The van der Waals surface area contributed by atoms with Crippen molar-refractivity contribution in [2.45, 2.75) is 6.18 Å². The Kier molecular flexibility index (Phi) is 5.84. The first kappa shape index (κ1) is 23.1. The zero-order valence-corrected chi connectivity index (χ0v) is 18.9. The molecule has 1 amide bonds. The molecule has 0 saturated carbocycles. The number of piperazine rings is 1. The minimum atomic E-state index is -4.71. The van der Waals surface area contributed by atoms with E-state index in [1.165, 1.54) is 23.1 Å². The molecule has 0 radical (unpaired) electrons. The van der Waals surface area contributed by atoms with E-state index in [1.807, 2.05) is 4.90 Å². The summed E-state index contributed by atoms with van der Waals surface area (Å²) in [6.45, 7) is 1.69. The van der Waals surface area contributed by atoms with E-state index in [0.717, 1.165) is 11.8 Å². The highest BCUT2D eigenvalue weighted by atomic mass is 35.5. The number of nitrogens with zero attached hydrogens (tertiary/aromatic N) is 5. The standard InChI is InChI=1S/C24H18ClF4N5O/c25-16-3-1-15(2-4-16)19-13-21(24(27,28)29)34-22(30-19)14-20(31-34)23(35)33-11-9-32(10-12-33)18-7-5-17(26)6-8-18/h1-8,13-14H,9-12H2. The molecular formula is C24H18ClF4N5O. The predicted molar refractivity (Wildman–Crippen MR) is 123 cm³/mol. The molecule has 1 saturated heterocycles. The fraction of sp³-hybridized carbons (Fsp3) is 0.208. The number of carbonyl (C=O) groups is 1. The van der Waals surface area contributed by atoms with Crippen molar-refractivity contribution in [1.29, 1.82) is 0 Å². The van der Waals surface area contributed by atoms with Crippen molar-refractivity contribution in [2.24, 2.45) is 0 Å². The Bertz CT molecular complexity index is 1380. The van der Waals surface area contributed by atoms with Crippen LogP contribution in [0, 0.1) is 5.82 Å². The third-order valence-electron chi connectivity index (χ3n) is 5.84. The minimum absolute atomic E-state index is 0.0851. The molecule has 0 N–H and O–H groups in total. The van der Waals surface area contributed by atoms with E-state index in [-0.39, 0.29) is 22.9 Å². The molecule has 0 atom stereocenters. The molecule has 1 aliphatic heterocycles. The number of hydrogen-bond acceptors (Lipinski definition) is 4. The first-order chi connectivity index (χ1) is 16.7. The van der Waals surface area contributed by atoms with Gasteiger partial charge in [-0.05, 0) is 42.5 Å². The summed E-state index contributed by atoms with van der Waals surface area (Å²) in [5, 5.41) is 4.40. The van der Waals surface area contributed by atoms with Gasteiger partial charge in [-0.3, -0.25) is 4.79 Å². The van der Waals surface area contributed by atoms with Crippen molar-refractivity contribution < 1.29 is 22.4 Å². The maximum absolute atomic E-state index is 13.8.